The van der Waals surface area contributed by atoms with Crippen LogP contribution in [-0.4, -0.2) is 26.9 Å². The highest BCUT2D eigenvalue weighted by Crippen LogP contribution is 2.31. The van der Waals surface area contributed by atoms with E-state index < -0.39 is 4.92 Å². The number of pyridine rings is 1. The molecule has 0 aliphatic carbocycles. The molecule has 0 spiro atoms. The summed E-state index contributed by atoms with van der Waals surface area (Å²) < 4.78 is 0. The van der Waals surface area contributed by atoms with Crippen LogP contribution in [0.1, 0.15) is 5.56 Å². The molecule has 0 bridgehead atoms. The highest BCUT2D eigenvalue weighted by Gasteiger charge is 2.24. The average molecular weight is 280 g/mol. The van der Waals surface area contributed by atoms with E-state index in [-0.39, 0.29) is 16.7 Å². The molecule has 2 aromatic rings. The van der Waals surface area contributed by atoms with E-state index in [4.69, 9.17) is 11.6 Å². The quantitative estimate of drug-likeness (QED) is 0.484. The Labute approximate surface area is 114 Å². The molecule has 7 nitrogen and oxygen atoms in total. The van der Waals surface area contributed by atoms with Crippen molar-refractivity contribution >= 4 is 23.1 Å². The number of hydrogen-bond acceptors (Lipinski definition) is 6. The number of nitrogens with zero attached hydrogens (tertiary/aromatic N) is 5. The first-order chi connectivity index (χ1) is 9.09. The van der Waals surface area contributed by atoms with Crippen molar-refractivity contribution in [2.24, 2.45) is 0 Å². The molecule has 2 rings (SSSR count). The van der Waals surface area contributed by atoms with Crippen LogP contribution in [0.3, 0.4) is 0 Å². The Morgan fingerprint density at radius 3 is 2.89 bits per heavy atom. The number of halogens is 1. The standard InChI is InChI=1S/C11H10ClN5O2/c1-16(6-8-3-2-4-13-5-8)11-9(17(18)19)10(12)14-7-15-11/h2-5,7H,6H2,1H3. The zero-order valence-corrected chi connectivity index (χ0v) is 10.8. The summed E-state index contributed by atoms with van der Waals surface area (Å²) in [7, 11) is 1.69. The van der Waals surface area contributed by atoms with Gasteiger partial charge in [-0.05, 0) is 11.6 Å². The Kier molecular flexibility index (Phi) is 3.86. The topological polar surface area (TPSA) is 85.0 Å². The minimum Gasteiger partial charge on any atom is -0.349 e. The number of anilines is 1. The predicted octanol–water partition coefficient (Wildman–Crippen LogP) is 2.07. The van der Waals surface area contributed by atoms with E-state index in [0.29, 0.717) is 6.54 Å². The minimum absolute atomic E-state index is 0.173. The van der Waals surface area contributed by atoms with Gasteiger partial charge in [0.25, 0.3) is 0 Å². The lowest BCUT2D eigenvalue weighted by atomic mass is 10.2. The molecular weight excluding hydrogens is 270 g/mol. The summed E-state index contributed by atoms with van der Waals surface area (Å²) in [6.45, 7) is 0.433. The van der Waals surface area contributed by atoms with Gasteiger partial charge in [0.2, 0.25) is 11.0 Å². The SMILES string of the molecule is CN(Cc1cccnc1)c1ncnc(Cl)c1[N+](=O)[O-]. The van der Waals surface area contributed by atoms with Gasteiger partial charge in [-0.25, -0.2) is 9.97 Å². The van der Waals surface area contributed by atoms with E-state index in [1.54, 1.807) is 30.4 Å². The molecule has 2 heterocycles. The van der Waals surface area contributed by atoms with Crippen molar-refractivity contribution < 1.29 is 4.92 Å². The normalized spacial score (nSPS) is 10.2. The molecule has 0 radical (unpaired) electrons. The van der Waals surface area contributed by atoms with Gasteiger partial charge in [-0.2, -0.15) is 0 Å². The van der Waals surface area contributed by atoms with Crippen LogP contribution in [0.5, 0.6) is 0 Å². The van der Waals surface area contributed by atoms with E-state index in [1.807, 2.05) is 6.07 Å². The number of nitro groups is 1. The maximum Gasteiger partial charge on any atom is 0.348 e. The second-order valence-electron chi connectivity index (χ2n) is 3.81. The Hall–Kier alpha value is -2.28. The largest absolute Gasteiger partial charge is 0.349 e. The van der Waals surface area contributed by atoms with E-state index in [9.17, 15) is 10.1 Å². The van der Waals surface area contributed by atoms with Crippen LogP contribution < -0.4 is 4.90 Å². The van der Waals surface area contributed by atoms with Gasteiger partial charge in [-0.3, -0.25) is 15.1 Å². The van der Waals surface area contributed by atoms with Crippen molar-refractivity contribution in [1.82, 2.24) is 15.0 Å². The summed E-state index contributed by atoms with van der Waals surface area (Å²) in [6, 6.07) is 3.67. The Morgan fingerprint density at radius 2 is 2.26 bits per heavy atom. The van der Waals surface area contributed by atoms with Crippen molar-refractivity contribution in [3.8, 4) is 0 Å². The summed E-state index contributed by atoms with van der Waals surface area (Å²) in [5.74, 6) is 0.175. The molecule has 0 aliphatic heterocycles. The molecule has 0 saturated carbocycles. The van der Waals surface area contributed by atoms with Crippen LogP contribution in [-0.2, 0) is 6.54 Å². The summed E-state index contributed by atoms with van der Waals surface area (Å²) in [5.41, 5.74) is 0.615. The van der Waals surface area contributed by atoms with Crippen LogP contribution in [0.25, 0.3) is 0 Å². The fraction of sp³-hybridized carbons (Fsp3) is 0.182. The third kappa shape index (κ3) is 2.94. The Bertz CT molecular complexity index is 593. The maximum atomic E-state index is 11.0. The van der Waals surface area contributed by atoms with Gasteiger partial charge in [0.1, 0.15) is 6.33 Å². The second kappa shape index (κ2) is 5.57. The number of aromatic nitrogens is 3. The molecule has 0 N–H and O–H groups in total. The third-order valence-corrected chi connectivity index (χ3v) is 2.72. The van der Waals surface area contributed by atoms with E-state index >= 15 is 0 Å². The van der Waals surface area contributed by atoms with Crippen molar-refractivity contribution in [3.05, 3.63) is 51.7 Å². The minimum atomic E-state index is -0.586. The molecular formula is C11H10ClN5O2. The summed E-state index contributed by atoms with van der Waals surface area (Å²) in [6.07, 6.45) is 4.54. The average Bonchev–Trinajstić information content (AvgIpc) is 2.39. The molecule has 0 aliphatic rings. The lowest BCUT2D eigenvalue weighted by molar-refractivity contribution is -0.384. The van der Waals surface area contributed by atoms with Gasteiger partial charge < -0.3 is 4.90 Å². The fourth-order valence-electron chi connectivity index (χ4n) is 1.63. The van der Waals surface area contributed by atoms with Crippen LogP contribution in [0.15, 0.2) is 30.9 Å². The molecule has 0 saturated heterocycles. The van der Waals surface area contributed by atoms with E-state index in [1.165, 1.54) is 6.33 Å². The first-order valence-electron chi connectivity index (χ1n) is 5.34. The van der Waals surface area contributed by atoms with E-state index in [2.05, 4.69) is 15.0 Å². The molecule has 8 heteroatoms. The number of hydrogen-bond donors (Lipinski definition) is 0. The monoisotopic (exact) mass is 279 g/mol. The van der Waals surface area contributed by atoms with Crippen molar-refractivity contribution in [2.75, 3.05) is 11.9 Å². The zero-order valence-electron chi connectivity index (χ0n) is 10.0. The summed E-state index contributed by atoms with van der Waals surface area (Å²) in [4.78, 5) is 23.6. The molecule has 19 heavy (non-hydrogen) atoms. The highest BCUT2D eigenvalue weighted by atomic mass is 35.5. The molecule has 0 fully saturated rings. The Balaban J connectivity index is 2.31. The lowest BCUT2D eigenvalue weighted by Gasteiger charge is -2.17. The first kappa shape index (κ1) is 13.2. The van der Waals surface area contributed by atoms with Gasteiger partial charge in [-0.1, -0.05) is 17.7 Å². The van der Waals surface area contributed by atoms with Gasteiger partial charge >= 0.3 is 5.69 Å². The van der Waals surface area contributed by atoms with Crippen LogP contribution in [0.4, 0.5) is 11.5 Å². The van der Waals surface area contributed by atoms with Crippen LogP contribution in [0.2, 0.25) is 5.15 Å². The van der Waals surface area contributed by atoms with E-state index in [0.717, 1.165) is 5.56 Å². The van der Waals surface area contributed by atoms with Gasteiger partial charge in [0.15, 0.2) is 0 Å². The molecule has 2 aromatic heterocycles. The van der Waals surface area contributed by atoms with Crippen LogP contribution >= 0.6 is 11.6 Å². The van der Waals surface area contributed by atoms with Gasteiger partial charge in [0.05, 0.1) is 4.92 Å². The van der Waals surface area contributed by atoms with Crippen LogP contribution in [0, 0.1) is 10.1 Å². The number of rotatable bonds is 4. The maximum absolute atomic E-state index is 11.0. The first-order valence-corrected chi connectivity index (χ1v) is 5.72. The molecule has 98 valence electrons. The Morgan fingerprint density at radius 1 is 1.47 bits per heavy atom. The van der Waals surface area contributed by atoms with Crippen molar-refractivity contribution in [2.45, 2.75) is 6.54 Å². The molecule has 0 atom stereocenters. The lowest BCUT2D eigenvalue weighted by Crippen LogP contribution is -2.19. The molecule has 0 amide bonds. The molecule has 0 aromatic carbocycles. The highest BCUT2D eigenvalue weighted by molar-refractivity contribution is 6.31. The zero-order chi connectivity index (χ0) is 13.8. The van der Waals surface area contributed by atoms with Crippen molar-refractivity contribution in [3.63, 3.8) is 0 Å². The molecule has 0 unspecified atom stereocenters. The summed E-state index contributed by atoms with van der Waals surface area (Å²) >= 11 is 5.74. The smallest absolute Gasteiger partial charge is 0.348 e. The second-order valence-corrected chi connectivity index (χ2v) is 4.17. The third-order valence-electron chi connectivity index (χ3n) is 2.44. The predicted molar refractivity (Wildman–Crippen MR) is 70.0 cm³/mol. The van der Waals surface area contributed by atoms with Crippen molar-refractivity contribution in [1.29, 1.82) is 0 Å². The summed E-state index contributed by atoms with van der Waals surface area (Å²) in [5, 5.41) is 10.8. The fourth-order valence-corrected chi connectivity index (χ4v) is 1.82. The van der Waals surface area contributed by atoms with Gasteiger partial charge in [0, 0.05) is 26.0 Å². The van der Waals surface area contributed by atoms with Gasteiger partial charge in [-0.15, -0.1) is 0 Å².